The summed E-state index contributed by atoms with van der Waals surface area (Å²) in [7, 11) is 0. The minimum Gasteiger partial charge on any atom is -0.396 e. The number of unbranched alkanes of at least 4 members (excludes halogenated alkanes) is 2. The van der Waals surface area contributed by atoms with Crippen LogP contribution < -0.4 is 0 Å². The van der Waals surface area contributed by atoms with Crippen molar-refractivity contribution in [2.45, 2.75) is 90.6 Å². The fourth-order valence-electron chi connectivity index (χ4n) is 4.94. The van der Waals surface area contributed by atoms with Crippen LogP contribution in [0, 0.1) is 23.2 Å². The molecule has 2 aliphatic rings. The van der Waals surface area contributed by atoms with Crippen LogP contribution in [0.3, 0.4) is 0 Å². The second-order valence-electron chi connectivity index (χ2n) is 8.99. The zero-order valence-corrected chi connectivity index (χ0v) is 16.6. The lowest BCUT2D eigenvalue weighted by molar-refractivity contribution is -0.0268. The molecule has 0 aromatic carbocycles. The van der Waals surface area contributed by atoms with Crippen molar-refractivity contribution in [1.29, 1.82) is 0 Å². The molecule has 2 fully saturated rings. The van der Waals surface area contributed by atoms with Crippen LogP contribution in [0.25, 0.3) is 0 Å². The Hall–Kier alpha value is -0.600. The van der Waals surface area contributed by atoms with Crippen LogP contribution in [0.4, 0.5) is 0 Å². The Labute approximate surface area is 155 Å². The van der Waals surface area contributed by atoms with E-state index in [-0.39, 0.29) is 11.5 Å². The van der Waals surface area contributed by atoms with Crippen molar-refractivity contribution in [1.82, 2.24) is 0 Å². The zero-order valence-electron chi connectivity index (χ0n) is 16.6. The van der Waals surface area contributed by atoms with Gasteiger partial charge in [0.1, 0.15) is 0 Å². The standard InChI is InChI=1S/C23H40O2/c1-18-17-19(2)21(20(18)11-7-5-4-6-8-16-24)12-9-13-22(25)23(3)14-10-15-23/h5,7,19-22,24-25H,1,4,6,8-17H2,2-3H3/b7-5-/t19-,20+,21+,22?/m1/s1. The monoisotopic (exact) mass is 348 g/mol. The Morgan fingerprint density at radius 2 is 2.00 bits per heavy atom. The molecule has 0 spiro atoms. The largest absolute Gasteiger partial charge is 0.396 e. The maximum absolute atomic E-state index is 10.5. The molecule has 1 unspecified atom stereocenters. The lowest BCUT2D eigenvalue weighted by atomic mass is 9.65. The van der Waals surface area contributed by atoms with Crippen molar-refractivity contribution in [3.8, 4) is 0 Å². The third-order valence-corrected chi connectivity index (χ3v) is 7.01. The van der Waals surface area contributed by atoms with E-state index in [0.29, 0.717) is 12.5 Å². The Bertz CT molecular complexity index is 435. The highest BCUT2D eigenvalue weighted by Crippen LogP contribution is 2.47. The minimum atomic E-state index is -0.106. The van der Waals surface area contributed by atoms with Crippen LogP contribution in [-0.2, 0) is 0 Å². The lowest BCUT2D eigenvalue weighted by Crippen LogP contribution is -2.38. The summed E-state index contributed by atoms with van der Waals surface area (Å²) in [5.74, 6) is 2.09. The molecule has 2 nitrogen and oxygen atoms in total. The van der Waals surface area contributed by atoms with Crippen LogP contribution in [0.5, 0.6) is 0 Å². The lowest BCUT2D eigenvalue weighted by Gasteiger charge is -2.42. The van der Waals surface area contributed by atoms with Gasteiger partial charge in [-0.3, -0.25) is 0 Å². The Morgan fingerprint density at radius 1 is 1.24 bits per heavy atom. The van der Waals surface area contributed by atoms with E-state index in [2.05, 4.69) is 32.6 Å². The van der Waals surface area contributed by atoms with Gasteiger partial charge < -0.3 is 10.2 Å². The van der Waals surface area contributed by atoms with E-state index < -0.39 is 0 Å². The molecule has 2 rings (SSSR count). The number of allylic oxidation sites excluding steroid dienone is 3. The first kappa shape index (κ1) is 20.7. The van der Waals surface area contributed by atoms with Gasteiger partial charge in [-0.2, -0.15) is 0 Å². The molecule has 0 aromatic rings. The van der Waals surface area contributed by atoms with Crippen LogP contribution in [-0.4, -0.2) is 22.9 Å². The predicted molar refractivity (Wildman–Crippen MR) is 106 cm³/mol. The summed E-state index contributed by atoms with van der Waals surface area (Å²) in [6.45, 7) is 9.29. The average Bonchev–Trinajstić information content (AvgIpc) is 2.82. The number of rotatable bonds is 11. The molecule has 144 valence electrons. The van der Waals surface area contributed by atoms with Crippen molar-refractivity contribution in [3.05, 3.63) is 24.3 Å². The van der Waals surface area contributed by atoms with Gasteiger partial charge in [-0.25, -0.2) is 0 Å². The zero-order chi connectivity index (χ0) is 18.3. The Kier molecular flexibility index (Phi) is 8.22. The minimum absolute atomic E-state index is 0.106. The van der Waals surface area contributed by atoms with E-state index in [1.807, 2.05) is 0 Å². The fraction of sp³-hybridized carbons (Fsp3) is 0.826. The highest BCUT2D eigenvalue weighted by atomic mass is 16.3. The number of aliphatic hydroxyl groups is 2. The summed E-state index contributed by atoms with van der Waals surface area (Å²) in [5, 5.41) is 19.3. The summed E-state index contributed by atoms with van der Waals surface area (Å²) in [6.07, 6.45) is 16.9. The second-order valence-corrected chi connectivity index (χ2v) is 8.99. The average molecular weight is 349 g/mol. The number of hydrogen-bond donors (Lipinski definition) is 2. The maximum Gasteiger partial charge on any atom is 0.0593 e. The fourth-order valence-corrected chi connectivity index (χ4v) is 4.94. The van der Waals surface area contributed by atoms with Gasteiger partial charge in [0.2, 0.25) is 0 Å². The van der Waals surface area contributed by atoms with Crippen LogP contribution in [0.15, 0.2) is 24.3 Å². The number of aliphatic hydroxyl groups excluding tert-OH is 2. The first-order valence-corrected chi connectivity index (χ1v) is 10.6. The van der Waals surface area contributed by atoms with Crippen LogP contribution in [0.2, 0.25) is 0 Å². The molecule has 25 heavy (non-hydrogen) atoms. The first-order valence-electron chi connectivity index (χ1n) is 10.6. The first-order chi connectivity index (χ1) is 12.0. The highest BCUT2D eigenvalue weighted by Gasteiger charge is 2.39. The van der Waals surface area contributed by atoms with Gasteiger partial charge in [0.25, 0.3) is 0 Å². The van der Waals surface area contributed by atoms with Crippen molar-refractivity contribution < 1.29 is 10.2 Å². The number of hydrogen-bond acceptors (Lipinski definition) is 2. The molecule has 2 aliphatic carbocycles. The molecule has 0 amide bonds. The molecule has 2 heteroatoms. The normalized spacial score (nSPS) is 29.9. The third-order valence-electron chi connectivity index (χ3n) is 7.01. The Balaban J connectivity index is 1.75. The molecular formula is C23H40O2. The maximum atomic E-state index is 10.5. The van der Waals surface area contributed by atoms with E-state index in [4.69, 9.17) is 5.11 Å². The topological polar surface area (TPSA) is 40.5 Å². The van der Waals surface area contributed by atoms with Gasteiger partial charge in [-0.1, -0.05) is 51.0 Å². The van der Waals surface area contributed by atoms with Crippen molar-refractivity contribution >= 4 is 0 Å². The third kappa shape index (κ3) is 5.69. The van der Waals surface area contributed by atoms with E-state index in [0.717, 1.165) is 50.4 Å². The molecule has 0 aromatic heterocycles. The molecule has 0 aliphatic heterocycles. The van der Waals surface area contributed by atoms with Crippen molar-refractivity contribution in [3.63, 3.8) is 0 Å². The van der Waals surface area contributed by atoms with Crippen molar-refractivity contribution in [2.75, 3.05) is 6.61 Å². The highest BCUT2D eigenvalue weighted by molar-refractivity contribution is 5.13. The molecule has 0 bridgehead atoms. The second kappa shape index (κ2) is 9.92. The molecule has 2 N–H and O–H groups in total. The summed E-state index contributed by atoms with van der Waals surface area (Å²) in [4.78, 5) is 0. The van der Waals surface area contributed by atoms with E-state index >= 15 is 0 Å². The van der Waals surface area contributed by atoms with Gasteiger partial charge in [0, 0.05) is 6.61 Å². The molecular weight excluding hydrogens is 308 g/mol. The van der Waals surface area contributed by atoms with Gasteiger partial charge in [0.15, 0.2) is 0 Å². The predicted octanol–water partition coefficient (Wildman–Crippen LogP) is 5.65. The molecule has 4 atom stereocenters. The summed E-state index contributed by atoms with van der Waals surface area (Å²) in [6, 6.07) is 0. The van der Waals surface area contributed by atoms with E-state index in [1.165, 1.54) is 37.7 Å². The van der Waals surface area contributed by atoms with Crippen molar-refractivity contribution in [2.24, 2.45) is 23.2 Å². The van der Waals surface area contributed by atoms with E-state index in [9.17, 15) is 5.11 Å². The summed E-state index contributed by atoms with van der Waals surface area (Å²) in [5.41, 5.74) is 1.64. The van der Waals surface area contributed by atoms with Crippen LogP contribution >= 0.6 is 0 Å². The SMILES string of the molecule is C=C1C[C@@H](C)[C@H](CCCC(O)C2(C)CCC2)[C@H]1C/C=C\CCCCO. The van der Waals surface area contributed by atoms with Gasteiger partial charge in [-0.15, -0.1) is 0 Å². The van der Waals surface area contributed by atoms with Gasteiger partial charge >= 0.3 is 0 Å². The quantitative estimate of drug-likeness (QED) is 0.374. The molecule has 0 radical (unpaired) electrons. The Morgan fingerprint density at radius 3 is 2.64 bits per heavy atom. The molecule has 2 saturated carbocycles. The van der Waals surface area contributed by atoms with Crippen LogP contribution in [0.1, 0.15) is 84.5 Å². The van der Waals surface area contributed by atoms with Gasteiger partial charge in [0.05, 0.1) is 6.10 Å². The van der Waals surface area contributed by atoms with E-state index in [1.54, 1.807) is 0 Å². The summed E-state index contributed by atoms with van der Waals surface area (Å²) >= 11 is 0. The van der Waals surface area contributed by atoms with Gasteiger partial charge in [-0.05, 0) is 81.0 Å². The molecule has 0 saturated heterocycles. The summed E-state index contributed by atoms with van der Waals surface area (Å²) < 4.78 is 0. The smallest absolute Gasteiger partial charge is 0.0593 e. The molecule has 0 heterocycles.